The van der Waals surface area contributed by atoms with Crippen LogP contribution in [0, 0.1) is 0 Å². The largest absolute Gasteiger partial charge is 0.493 e. The zero-order valence-corrected chi connectivity index (χ0v) is 18.2. The van der Waals surface area contributed by atoms with E-state index in [1.807, 2.05) is 36.4 Å². The molecular weight excluding hydrogens is 376 g/mol. The lowest BCUT2D eigenvalue weighted by Gasteiger charge is -2.19. The van der Waals surface area contributed by atoms with Crippen LogP contribution >= 0.6 is 0 Å². The zero-order chi connectivity index (χ0) is 21.3. The molecule has 1 N–H and O–H groups in total. The molecule has 1 amide bonds. The van der Waals surface area contributed by atoms with E-state index in [-0.39, 0.29) is 17.1 Å². The van der Waals surface area contributed by atoms with Crippen LogP contribution in [0.15, 0.2) is 46.9 Å². The predicted molar refractivity (Wildman–Crippen MR) is 120 cm³/mol. The molecule has 158 valence electrons. The summed E-state index contributed by atoms with van der Waals surface area (Å²) >= 11 is 0. The second-order valence-electron chi connectivity index (χ2n) is 9.05. The number of nitrogens with one attached hydrogen (secondary N) is 1. The van der Waals surface area contributed by atoms with Crippen LogP contribution in [0.2, 0.25) is 0 Å². The van der Waals surface area contributed by atoms with Crippen LogP contribution in [0.5, 0.6) is 5.75 Å². The molecule has 1 aromatic heterocycles. The first-order valence-electron chi connectivity index (χ1n) is 10.6. The number of nitrogens with zero attached hydrogens (tertiary/aromatic N) is 1. The molecule has 2 heterocycles. The van der Waals surface area contributed by atoms with Crippen molar-refractivity contribution in [1.29, 1.82) is 0 Å². The van der Waals surface area contributed by atoms with Crippen molar-refractivity contribution >= 4 is 22.6 Å². The van der Waals surface area contributed by atoms with Gasteiger partial charge in [0.1, 0.15) is 0 Å². The number of ether oxygens (including phenoxy) is 1. The Morgan fingerprint density at radius 3 is 2.43 bits per heavy atom. The minimum absolute atomic E-state index is 0.0730. The van der Waals surface area contributed by atoms with Crippen molar-refractivity contribution in [3.63, 3.8) is 0 Å². The van der Waals surface area contributed by atoms with Crippen molar-refractivity contribution in [2.75, 3.05) is 25.5 Å². The van der Waals surface area contributed by atoms with Gasteiger partial charge in [-0.1, -0.05) is 39.0 Å². The summed E-state index contributed by atoms with van der Waals surface area (Å²) < 4.78 is 11.4. The summed E-state index contributed by atoms with van der Waals surface area (Å²) in [5, 5.41) is 3.88. The summed E-state index contributed by atoms with van der Waals surface area (Å²) in [6, 6.07) is 13.8. The molecule has 0 saturated carbocycles. The van der Waals surface area contributed by atoms with E-state index in [2.05, 4.69) is 37.1 Å². The molecule has 2 aromatic carbocycles. The molecule has 30 heavy (non-hydrogen) atoms. The third-order valence-corrected chi connectivity index (χ3v) is 5.78. The smallest absolute Gasteiger partial charge is 0.291 e. The summed E-state index contributed by atoms with van der Waals surface area (Å²) in [5.41, 5.74) is 3.83. The van der Waals surface area contributed by atoms with Crippen LogP contribution in [-0.4, -0.2) is 31.0 Å². The van der Waals surface area contributed by atoms with E-state index in [1.54, 1.807) is 7.11 Å². The van der Waals surface area contributed by atoms with Gasteiger partial charge in [0.2, 0.25) is 0 Å². The predicted octanol–water partition coefficient (Wildman–Crippen LogP) is 5.59. The third-order valence-electron chi connectivity index (χ3n) is 5.78. The minimum Gasteiger partial charge on any atom is -0.493 e. The molecule has 4 rings (SSSR count). The average Bonchev–Trinajstić information content (AvgIpc) is 3.38. The van der Waals surface area contributed by atoms with E-state index >= 15 is 0 Å². The fraction of sp³-hybridized carbons (Fsp3) is 0.400. The molecule has 0 radical (unpaired) electrons. The molecule has 1 aliphatic rings. The van der Waals surface area contributed by atoms with E-state index in [1.165, 1.54) is 18.4 Å². The van der Waals surface area contributed by atoms with Crippen molar-refractivity contribution in [1.82, 2.24) is 4.90 Å². The number of fused-ring (bicyclic) bond motifs is 1. The SMILES string of the molecule is COc1ccc(CN2CCCC2)c2cc(C(=O)Nc3ccc(C(C)(C)C)cc3)oc12. The quantitative estimate of drug-likeness (QED) is 0.600. The number of benzene rings is 2. The number of hydrogen-bond acceptors (Lipinski definition) is 4. The molecule has 0 unspecified atom stereocenters. The number of carbonyl (C=O) groups is 1. The number of hydrogen-bond donors (Lipinski definition) is 1. The highest BCUT2D eigenvalue weighted by Gasteiger charge is 2.20. The minimum atomic E-state index is -0.260. The fourth-order valence-corrected chi connectivity index (χ4v) is 3.99. The molecule has 5 nitrogen and oxygen atoms in total. The first-order valence-corrected chi connectivity index (χ1v) is 10.6. The van der Waals surface area contributed by atoms with Gasteiger partial charge in [-0.2, -0.15) is 0 Å². The Bertz CT molecular complexity index is 1040. The van der Waals surface area contributed by atoms with Crippen LogP contribution in [0.3, 0.4) is 0 Å². The Balaban J connectivity index is 1.59. The van der Waals surface area contributed by atoms with Gasteiger partial charge < -0.3 is 14.5 Å². The lowest BCUT2D eigenvalue weighted by atomic mass is 9.87. The van der Waals surface area contributed by atoms with Gasteiger partial charge in [-0.3, -0.25) is 9.69 Å². The van der Waals surface area contributed by atoms with E-state index < -0.39 is 0 Å². The molecule has 3 aromatic rings. The summed E-state index contributed by atoms with van der Waals surface area (Å²) in [5.74, 6) is 0.671. The van der Waals surface area contributed by atoms with E-state index in [0.29, 0.717) is 11.3 Å². The second-order valence-corrected chi connectivity index (χ2v) is 9.05. The standard InChI is InChI=1S/C25H30N2O3/c1-25(2,3)18-8-10-19(11-9-18)26-24(28)22-15-20-17(16-27-13-5-6-14-27)7-12-21(29-4)23(20)30-22/h7-12,15H,5-6,13-14,16H2,1-4H3,(H,26,28). The molecule has 0 bridgehead atoms. The Morgan fingerprint density at radius 2 is 1.80 bits per heavy atom. The van der Waals surface area contributed by atoms with Gasteiger partial charge in [0.25, 0.3) is 5.91 Å². The molecule has 1 aliphatic heterocycles. The first kappa shape index (κ1) is 20.5. The molecule has 0 atom stereocenters. The Hall–Kier alpha value is -2.79. The van der Waals surface area contributed by atoms with Crippen LogP contribution in [-0.2, 0) is 12.0 Å². The van der Waals surface area contributed by atoms with Gasteiger partial charge in [-0.05, 0) is 66.7 Å². The average molecular weight is 407 g/mol. The summed E-state index contributed by atoms with van der Waals surface area (Å²) in [6.07, 6.45) is 2.48. The van der Waals surface area contributed by atoms with Crippen molar-refractivity contribution in [2.24, 2.45) is 0 Å². The van der Waals surface area contributed by atoms with Crippen LogP contribution in [0.1, 0.15) is 55.3 Å². The molecule has 5 heteroatoms. The van der Waals surface area contributed by atoms with E-state index in [0.717, 1.165) is 36.3 Å². The number of carbonyl (C=O) groups excluding carboxylic acids is 1. The number of furan rings is 1. The van der Waals surface area contributed by atoms with Crippen LogP contribution < -0.4 is 10.1 Å². The number of methoxy groups -OCH3 is 1. The highest BCUT2D eigenvalue weighted by atomic mass is 16.5. The Morgan fingerprint density at radius 1 is 1.10 bits per heavy atom. The summed E-state index contributed by atoms with van der Waals surface area (Å²) in [7, 11) is 1.62. The van der Waals surface area contributed by atoms with E-state index in [4.69, 9.17) is 9.15 Å². The van der Waals surface area contributed by atoms with Gasteiger partial charge >= 0.3 is 0 Å². The monoisotopic (exact) mass is 406 g/mol. The molecule has 1 saturated heterocycles. The highest BCUT2D eigenvalue weighted by Crippen LogP contribution is 2.33. The van der Waals surface area contributed by atoms with Gasteiger partial charge in [0, 0.05) is 17.6 Å². The third kappa shape index (κ3) is 4.21. The second kappa shape index (κ2) is 8.15. The lowest BCUT2D eigenvalue weighted by Crippen LogP contribution is -2.18. The highest BCUT2D eigenvalue weighted by molar-refractivity contribution is 6.05. The lowest BCUT2D eigenvalue weighted by molar-refractivity contribution is 0.0998. The number of amides is 1. The fourth-order valence-electron chi connectivity index (χ4n) is 3.99. The maximum atomic E-state index is 12.9. The van der Waals surface area contributed by atoms with Crippen molar-refractivity contribution in [3.05, 3.63) is 59.4 Å². The number of anilines is 1. The summed E-state index contributed by atoms with van der Waals surface area (Å²) in [4.78, 5) is 15.3. The maximum Gasteiger partial charge on any atom is 0.291 e. The van der Waals surface area contributed by atoms with Crippen molar-refractivity contribution in [2.45, 2.75) is 45.6 Å². The van der Waals surface area contributed by atoms with Crippen molar-refractivity contribution in [3.8, 4) is 5.75 Å². The van der Waals surface area contributed by atoms with Crippen LogP contribution in [0.4, 0.5) is 5.69 Å². The van der Waals surface area contributed by atoms with Gasteiger partial charge in [0.05, 0.1) is 7.11 Å². The van der Waals surface area contributed by atoms with Gasteiger partial charge in [0.15, 0.2) is 17.1 Å². The Kier molecular flexibility index (Phi) is 5.56. The van der Waals surface area contributed by atoms with Crippen molar-refractivity contribution < 1.29 is 13.9 Å². The molecule has 0 spiro atoms. The number of likely N-dealkylation sites (tertiary alicyclic amines) is 1. The normalized spacial score (nSPS) is 14.9. The van der Waals surface area contributed by atoms with Gasteiger partial charge in [-0.15, -0.1) is 0 Å². The molecule has 0 aliphatic carbocycles. The van der Waals surface area contributed by atoms with Gasteiger partial charge in [-0.25, -0.2) is 0 Å². The molecule has 1 fully saturated rings. The Labute approximate surface area is 178 Å². The molecular formula is C25H30N2O3. The summed E-state index contributed by atoms with van der Waals surface area (Å²) in [6.45, 7) is 9.59. The van der Waals surface area contributed by atoms with Crippen LogP contribution in [0.25, 0.3) is 11.0 Å². The maximum absolute atomic E-state index is 12.9. The topological polar surface area (TPSA) is 54.7 Å². The zero-order valence-electron chi connectivity index (χ0n) is 18.2. The number of rotatable bonds is 5. The first-order chi connectivity index (χ1) is 14.3. The van der Waals surface area contributed by atoms with E-state index in [9.17, 15) is 4.79 Å².